The highest BCUT2D eigenvalue weighted by atomic mass is 16.5. The van der Waals surface area contributed by atoms with Gasteiger partial charge >= 0.3 is 0 Å². The number of benzene rings is 1. The molecule has 0 N–H and O–H groups in total. The Morgan fingerprint density at radius 3 is 2.50 bits per heavy atom. The molecular weight excluding hydrogens is 204 g/mol. The highest BCUT2D eigenvalue weighted by Gasteiger charge is 2.26. The molecule has 4 nitrogen and oxygen atoms in total. The van der Waals surface area contributed by atoms with E-state index < -0.39 is 0 Å². The maximum absolute atomic E-state index is 10.5. The van der Waals surface area contributed by atoms with Crippen LogP contribution in [0.2, 0.25) is 0 Å². The van der Waals surface area contributed by atoms with Crippen LogP contribution in [0.5, 0.6) is 0 Å². The quantitative estimate of drug-likeness (QED) is 0.715. The van der Waals surface area contributed by atoms with Crippen LogP contribution >= 0.6 is 0 Å². The molecule has 0 atom stereocenters. The van der Waals surface area contributed by atoms with E-state index in [1.54, 1.807) is 0 Å². The molecular formula is C12H10N2O2. The van der Waals surface area contributed by atoms with Crippen LogP contribution in [0.1, 0.15) is 33.6 Å². The van der Waals surface area contributed by atoms with Crippen LogP contribution in [0.3, 0.4) is 0 Å². The van der Waals surface area contributed by atoms with Crippen molar-refractivity contribution in [3.05, 3.63) is 47.1 Å². The minimum absolute atomic E-state index is 0.0611. The first-order valence-electron chi connectivity index (χ1n) is 5.22. The predicted molar refractivity (Wildman–Crippen MR) is 56.3 cm³/mol. The van der Waals surface area contributed by atoms with E-state index in [0.29, 0.717) is 12.1 Å². The fourth-order valence-corrected chi connectivity index (χ4v) is 2.20. The van der Waals surface area contributed by atoms with Gasteiger partial charge in [-0.15, -0.1) is 0 Å². The normalized spacial score (nSPS) is 15.0. The van der Waals surface area contributed by atoms with Gasteiger partial charge in [0.15, 0.2) is 5.82 Å². The van der Waals surface area contributed by atoms with Gasteiger partial charge in [0.25, 0.3) is 5.89 Å². The molecule has 0 unspecified atom stereocenters. The van der Waals surface area contributed by atoms with Gasteiger partial charge in [-0.3, -0.25) is 4.79 Å². The van der Waals surface area contributed by atoms with E-state index in [-0.39, 0.29) is 11.8 Å². The van der Waals surface area contributed by atoms with Crippen molar-refractivity contribution in [2.75, 3.05) is 0 Å². The summed E-state index contributed by atoms with van der Waals surface area (Å²) in [5.74, 6) is 0.944. The Labute approximate surface area is 92.3 Å². The lowest BCUT2D eigenvalue weighted by Gasteiger charge is -2.00. The van der Waals surface area contributed by atoms with Crippen molar-refractivity contribution in [2.45, 2.75) is 18.8 Å². The number of fused-ring (bicyclic) bond motifs is 1. The Morgan fingerprint density at radius 2 is 1.94 bits per heavy atom. The third-order valence-electron chi connectivity index (χ3n) is 2.97. The van der Waals surface area contributed by atoms with E-state index in [1.165, 1.54) is 11.1 Å². The van der Waals surface area contributed by atoms with Gasteiger partial charge in [-0.1, -0.05) is 29.4 Å². The van der Waals surface area contributed by atoms with Crippen LogP contribution in [0.4, 0.5) is 0 Å². The first-order valence-corrected chi connectivity index (χ1v) is 5.22. The van der Waals surface area contributed by atoms with E-state index in [1.807, 2.05) is 12.1 Å². The second-order valence-corrected chi connectivity index (χ2v) is 3.98. The van der Waals surface area contributed by atoms with Crippen LogP contribution in [0, 0.1) is 0 Å². The Balaban J connectivity index is 1.88. The number of carbonyl (C=O) groups is 1. The zero-order chi connectivity index (χ0) is 11.0. The summed E-state index contributed by atoms with van der Waals surface area (Å²) in [6, 6.07) is 8.31. The predicted octanol–water partition coefficient (Wildman–Crippen LogP) is 1.76. The van der Waals surface area contributed by atoms with Crippen molar-refractivity contribution in [3.8, 4) is 0 Å². The molecule has 0 amide bonds. The number of carbonyl (C=O) groups excluding carboxylic acids is 1. The third kappa shape index (κ3) is 1.43. The van der Waals surface area contributed by atoms with Crippen LogP contribution in [0.15, 0.2) is 28.8 Å². The molecule has 80 valence electrons. The second kappa shape index (κ2) is 3.56. The van der Waals surface area contributed by atoms with Gasteiger partial charge < -0.3 is 4.52 Å². The molecule has 2 aromatic rings. The summed E-state index contributed by atoms with van der Waals surface area (Å²) in [7, 11) is 0. The van der Waals surface area contributed by atoms with Gasteiger partial charge in [-0.2, -0.15) is 4.98 Å². The van der Waals surface area contributed by atoms with Crippen molar-refractivity contribution >= 4 is 6.29 Å². The third-order valence-corrected chi connectivity index (χ3v) is 2.97. The van der Waals surface area contributed by atoms with Crippen molar-refractivity contribution < 1.29 is 9.32 Å². The van der Waals surface area contributed by atoms with Gasteiger partial charge in [0.05, 0.1) is 0 Å². The molecule has 0 saturated heterocycles. The summed E-state index contributed by atoms with van der Waals surface area (Å²) in [4.78, 5) is 14.5. The molecule has 3 rings (SSSR count). The standard InChI is InChI=1S/C12H10N2O2/c15-7-11-13-12(14-16-11)10-5-8-3-1-2-4-9(8)6-10/h1-4,7,10H,5-6H2. The molecule has 1 aliphatic carbocycles. The summed E-state index contributed by atoms with van der Waals surface area (Å²) in [6.07, 6.45) is 2.43. The van der Waals surface area contributed by atoms with Crippen molar-refractivity contribution in [1.82, 2.24) is 10.1 Å². The van der Waals surface area contributed by atoms with Crippen LogP contribution in [0.25, 0.3) is 0 Å². The minimum Gasteiger partial charge on any atom is -0.331 e. The van der Waals surface area contributed by atoms with Gasteiger partial charge in [0.1, 0.15) is 0 Å². The van der Waals surface area contributed by atoms with E-state index in [4.69, 9.17) is 4.52 Å². The number of aromatic nitrogens is 2. The molecule has 1 aromatic carbocycles. The van der Waals surface area contributed by atoms with Crippen LogP contribution in [-0.2, 0) is 12.8 Å². The van der Waals surface area contributed by atoms with E-state index in [9.17, 15) is 4.79 Å². The topological polar surface area (TPSA) is 56.0 Å². The summed E-state index contributed by atoms with van der Waals surface area (Å²) in [5.41, 5.74) is 2.68. The van der Waals surface area contributed by atoms with E-state index >= 15 is 0 Å². The summed E-state index contributed by atoms with van der Waals surface area (Å²) in [5, 5.41) is 3.83. The average molecular weight is 214 g/mol. The van der Waals surface area contributed by atoms with Crippen molar-refractivity contribution in [3.63, 3.8) is 0 Å². The molecule has 0 spiro atoms. The Kier molecular flexibility index (Phi) is 2.06. The number of nitrogens with zero attached hydrogens (tertiary/aromatic N) is 2. The molecule has 0 fully saturated rings. The molecule has 0 bridgehead atoms. The molecule has 4 heteroatoms. The molecule has 0 aliphatic heterocycles. The number of hydrogen-bond acceptors (Lipinski definition) is 4. The first-order chi connectivity index (χ1) is 7.86. The summed E-state index contributed by atoms with van der Waals surface area (Å²) in [6.45, 7) is 0. The lowest BCUT2D eigenvalue weighted by atomic mass is 10.1. The zero-order valence-electron chi connectivity index (χ0n) is 8.59. The fourth-order valence-electron chi connectivity index (χ4n) is 2.20. The number of hydrogen-bond donors (Lipinski definition) is 0. The van der Waals surface area contributed by atoms with Crippen LogP contribution < -0.4 is 0 Å². The van der Waals surface area contributed by atoms with Gasteiger partial charge in [0, 0.05) is 5.92 Å². The Morgan fingerprint density at radius 1 is 1.25 bits per heavy atom. The monoisotopic (exact) mass is 214 g/mol. The number of aldehydes is 1. The van der Waals surface area contributed by atoms with Crippen molar-refractivity contribution in [1.29, 1.82) is 0 Å². The maximum atomic E-state index is 10.5. The maximum Gasteiger partial charge on any atom is 0.290 e. The zero-order valence-corrected chi connectivity index (χ0v) is 8.59. The molecule has 1 aliphatic rings. The van der Waals surface area contributed by atoms with E-state index in [2.05, 4.69) is 22.3 Å². The molecule has 1 aromatic heterocycles. The minimum atomic E-state index is 0.0611. The van der Waals surface area contributed by atoms with Gasteiger partial charge in [-0.25, -0.2) is 0 Å². The average Bonchev–Trinajstić information content (AvgIpc) is 2.95. The fraction of sp³-hybridized carbons (Fsp3) is 0.250. The lowest BCUT2D eigenvalue weighted by Crippen LogP contribution is -2.00. The molecule has 0 radical (unpaired) electrons. The number of rotatable bonds is 2. The van der Waals surface area contributed by atoms with Gasteiger partial charge in [0.2, 0.25) is 6.29 Å². The lowest BCUT2D eigenvalue weighted by molar-refractivity contribution is 0.108. The van der Waals surface area contributed by atoms with E-state index in [0.717, 1.165) is 12.8 Å². The summed E-state index contributed by atoms with van der Waals surface area (Å²) < 4.78 is 4.80. The Bertz CT molecular complexity index is 508. The molecule has 0 saturated carbocycles. The smallest absolute Gasteiger partial charge is 0.290 e. The SMILES string of the molecule is O=Cc1nc(C2Cc3ccccc3C2)no1. The van der Waals surface area contributed by atoms with Gasteiger partial charge in [-0.05, 0) is 24.0 Å². The molecule has 1 heterocycles. The summed E-state index contributed by atoms with van der Waals surface area (Å²) >= 11 is 0. The molecule has 16 heavy (non-hydrogen) atoms. The second-order valence-electron chi connectivity index (χ2n) is 3.98. The van der Waals surface area contributed by atoms with Crippen molar-refractivity contribution in [2.24, 2.45) is 0 Å². The first kappa shape index (κ1) is 9.27. The van der Waals surface area contributed by atoms with Crippen LogP contribution in [-0.4, -0.2) is 16.4 Å². The highest BCUT2D eigenvalue weighted by Crippen LogP contribution is 2.32. The highest BCUT2D eigenvalue weighted by molar-refractivity contribution is 5.67. The Hall–Kier alpha value is -1.97. The largest absolute Gasteiger partial charge is 0.331 e.